The minimum absolute atomic E-state index is 0.0183. The van der Waals surface area contributed by atoms with Gasteiger partial charge >= 0.3 is 0 Å². The molecule has 2 aliphatic heterocycles. The molecule has 2 aliphatic rings. The first-order valence-electron chi connectivity index (χ1n) is 11.7. The van der Waals surface area contributed by atoms with Gasteiger partial charge in [-0.05, 0) is 48.4 Å². The lowest BCUT2D eigenvalue weighted by Gasteiger charge is -2.34. The summed E-state index contributed by atoms with van der Waals surface area (Å²) in [5, 5.41) is 3.35. The lowest BCUT2D eigenvalue weighted by atomic mass is 10.1. The van der Waals surface area contributed by atoms with Crippen LogP contribution in [0.15, 0.2) is 60.9 Å². The molecular formula is C26H30N6O. The summed E-state index contributed by atoms with van der Waals surface area (Å²) in [5.41, 5.74) is 3.86. The average molecular weight is 443 g/mol. The number of nitrogens with one attached hydrogen (secondary N) is 1. The van der Waals surface area contributed by atoms with Crippen LogP contribution in [-0.2, 0) is 13.0 Å². The number of hydrogen-bond acceptors (Lipinski definition) is 6. The van der Waals surface area contributed by atoms with Crippen molar-refractivity contribution in [2.24, 2.45) is 0 Å². The van der Waals surface area contributed by atoms with Gasteiger partial charge in [0.25, 0.3) is 5.91 Å². The van der Waals surface area contributed by atoms with Crippen LogP contribution in [0.3, 0.4) is 0 Å². The van der Waals surface area contributed by atoms with Crippen molar-refractivity contribution in [3.05, 3.63) is 77.6 Å². The van der Waals surface area contributed by atoms with E-state index in [0.717, 1.165) is 56.2 Å². The molecule has 1 fully saturated rings. The van der Waals surface area contributed by atoms with Gasteiger partial charge in [0.1, 0.15) is 11.6 Å². The molecule has 170 valence electrons. The minimum atomic E-state index is -0.0183. The van der Waals surface area contributed by atoms with E-state index in [-0.39, 0.29) is 5.91 Å². The summed E-state index contributed by atoms with van der Waals surface area (Å²) in [7, 11) is 0. The lowest BCUT2D eigenvalue weighted by molar-refractivity contribution is 0.0990. The number of carbonyl (C=O) groups is 1. The van der Waals surface area contributed by atoms with Crippen molar-refractivity contribution in [2.75, 3.05) is 54.4 Å². The highest BCUT2D eigenvalue weighted by molar-refractivity contribution is 6.10. The highest BCUT2D eigenvalue weighted by Gasteiger charge is 2.27. The summed E-state index contributed by atoms with van der Waals surface area (Å²) in [5.74, 6) is 1.61. The van der Waals surface area contributed by atoms with Crippen LogP contribution >= 0.6 is 0 Å². The number of para-hydroxylation sites is 1. The molecule has 0 aliphatic carbocycles. The Kier molecular flexibility index (Phi) is 6.21. The van der Waals surface area contributed by atoms with Crippen LogP contribution in [-0.4, -0.2) is 60.0 Å². The van der Waals surface area contributed by atoms with E-state index >= 15 is 0 Å². The summed E-state index contributed by atoms with van der Waals surface area (Å²) in [6.45, 7) is 8.76. The summed E-state index contributed by atoms with van der Waals surface area (Å²) in [4.78, 5) is 29.1. The molecule has 7 nitrogen and oxygen atoms in total. The second-order valence-electron chi connectivity index (χ2n) is 8.53. The number of anilines is 3. The lowest BCUT2D eigenvalue weighted by Crippen LogP contribution is -2.46. The number of hydrogen-bond donors (Lipinski definition) is 1. The van der Waals surface area contributed by atoms with E-state index in [1.807, 2.05) is 41.4 Å². The van der Waals surface area contributed by atoms with E-state index in [1.54, 1.807) is 6.20 Å². The molecule has 0 saturated carbocycles. The van der Waals surface area contributed by atoms with E-state index in [2.05, 4.69) is 50.2 Å². The van der Waals surface area contributed by atoms with Crippen LogP contribution in [0.2, 0.25) is 0 Å². The van der Waals surface area contributed by atoms with Crippen LogP contribution in [0.4, 0.5) is 17.3 Å². The van der Waals surface area contributed by atoms with Gasteiger partial charge in [-0.15, -0.1) is 0 Å². The van der Waals surface area contributed by atoms with Crippen molar-refractivity contribution in [3.63, 3.8) is 0 Å². The molecule has 1 amide bonds. The molecule has 0 atom stereocenters. The Morgan fingerprint density at radius 2 is 1.82 bits per heavy atom. The van der Waals surface area contributed by atoms with Gasteiger partial charge < -0.3 is 20.0 Å². The molecule has 0 unspecified atom stereocenters. The third-order valence-corrected chi connectivity index (χ3v) is 6.58. The molecule has 4 heterocycles. The Bertz CT molecular complexity index is 1110. The summed E-state index contributed by atoms with van der Waals surface area (Å²) < 4.78 is 0. The molecule has 0 radical (unpaired) electrons. The predicted molar refractivity (Wildman–Crippen MR) is 132 cm³/mol. The number of benzene rings is 1. The quantitative estimate of drug-likeness (QED) is 0.631. The smallest absolute Gasteiger partial charge is 0.262 e. The van der Waals surface area contributed by atoms with Crippen LogP contribution in [0.5, 0.6) is 0 Å². The van der Waals surface area contributed by atoms with Crippen LogP contribution in [0, 0.1) is 0 Å². The highest BCUT2D eigenvalue weighted by Crippen LogP contribution is 2.30. The molecule has 5 rings (SSSR count). The van der Waals surface area contributed by atoms with Crippen LogP contribution in [0.25, 0.3) is 0 Å². The minimum Gasteiger partial charge on any atom is -0.365 e. The fourth-order valence-electron chi connectivity index (χ4n) is 4.60. The van der Waals surface area contributed by atoms with Gasteiger partial charge in [-0.25, -0.2) is 9.97 Å². The molecule has 1 N–H and O–H groups in total. The Balaban J connectivity index is 1.24. The van der Waals surface area contributed by atoms with E-state index < -0.39 is 0 Å². The van der Waals surface area contributed by atoms with Crippen molar-refractivity contribution < 1.29 is 4.79 Å². The predicted octanol–water partition coefficient (Wildman–Crippen LogP) is 3.43. The SMILES string of the molecule is CCN1CCN(c2ccc(CNc3ncccc3C(=O)N3CCc4ccccc43)cn2)CC1. The Morgan fingerprint density at radius 3 is 2.61 bits per heavy atom. The first-order chi connectivity index (χ1) is 16.2. The number of likely N-dealkylation sites (N-methyl/N-ethyl adjacent to an activating group) is 1. The average Bonchev–Trinajstić information content (AvgIpc) is 3.32. The number of carbonyl (C=O) groups excluding carboxylic acids is 1. The fourth-order valence-corrected chi connectivity index (χ4v) is 4.60. The second-order valence-corrected chi connectivity index (χ2v) is 8.53. The maximum absolute atomic E-state index is 13.3. The number of rotatable bonds is 6. The van der Waals surface area contributed by atoms with Gasteiger partial charge in [-0.3, -0.25) is 4.79 Å². The van der Waals surface area contributed by atoms with E-state index in [0.29, 0.717) is 24.5 Å². The molecule has 1 saturated heterocycles. The zero-order valence-electron chi connectivity index (χ0n) is 19.1. The monoisotopic (exact) mass is 442 g/mol. The maximum atomic E-state index is 13.3. The topological polar surface area (TPSA) is 64.6 Å². The molecule has 3 aromatic rings. The normalized spacial score (nSPS) is 16.0. The standard InChI is InChI=1S/C26H30N6O/c1-2-30-14-16-31(17-15-30)24-10-9-20(18-28-24)19-29-25-22(7-5-12-27-25)26(33)32-13-11-21-6-3-4-8-23(21)32/h3-10,12,18H,2,11,13-17,19H2,1H3,(H,27,29). The second kappa shape index (κ2) is 9.58. The van der Waals surface area contributed by atoms with E-state index in [9.17, 15) is 4.79 Å². The van der Waals surface area contributed by atoms with Crippen LogP contribution in [0.1, 0.15) is 28.4 Å². The van der Waals surface area contributed by atoms with Crippen molar-refractivity contribution in [2.45, 2.75) is 19.9 Å². The maximum Gasteiger partial charge on any atom is 0.262 e. The van der Waals surface area contributed by atoms with E-state index in [4.69, 9.17) is 0 Å². The fraction of sp³-hybridized carbons (Fsp3) is 0.346. The number of nitrogens with zero attached hydrogens (tertiary/aromatic N) is 5. The molecule has 2 aromatic heterocycles. The molecular weight excluding hydrogens is 412 g/mol. The summed E-state index contributed by atoms with van der Waals surface area (Å²) >= 11 is 0. The number of pyridine rings is 2. The summed E-state index contributed by atoms with van der Waals surface area (Å²) in [6.07, 6.45) is 4.51. The zero-order chi connectivity index (χ0) is 22.6. The van der Waals surface area contributed by atoms with Crippen LogP contribution < -0.4 is 15.1 Å². The number of aromatic nitrogens is 2. The molecule has 7 heteroatoms. The van der Waals surface area contributed by atoms with Crippen molar-refractivity contribution in [1.29, 1.82) is 0 Å². The third-order valence-electron chi connectivity index (χ3n) is 6.58. The molecule has 0 bridgehead atoms. The number of fused-ring (bicyclic) bond motifs is 1. The Hall–Kier alpha value is -3.45. The van der Waals surface area contributed by atoms with Crippen molar-refractivity contribution in [3.8, 4) is 0 Å². The van der Waals surface area contributed by atoms with Gasteiger partial charge in [0.15, 0.2) is 0 Å². The van der Waals surface area contributed by atoms with Gasteiger partial charge in [0.05, 0.1) is 5.56 Å². The number of piperazine rings is 1. The molecule has 1 aromatic carbocycles. The van der Waals surface area contributed by atoms with Crippen molar-refractivity contribution >= 4 is 23.2 Å². The Morgan fingerprint density at radius 1 is 0.970 bits per heavy atom. The molecule has 33 heavy (non-hydrogen) atoms. The Labute approximate surface area is 195 Å². The first-order valence-corrected chi connectivity index (χ1v) is 11.7. The van der Waals surface area contributed by atoms with Gasteiger partial charge in [0.2, 0.25) is 0 Å². The van der Waals surface area contributed by atoms with Crippen molar-refractivity contribution in [1.82, 2.24) is 14.9 Å². The summed E-state index contributed by atoms with van der Waals surface area (Å²) in [6, 6.07) is 15.9. The van der Waals surface area contributed by atoms with E-state index in [1.165, 1.54) is 5.56 Å². The van der Waals surface area contributed by atoms with Gasteiger partial charge in [0, 0.05) is 57.3 Å². The molecule has 0 spiro atoms. The number of amides is 1. The zero-order valence-corrected chi connectivity index (χ0v) is 19.1. The third kappa shape index (κ3) is 4.54. The largest absolute Gasteiger partial charge is 0.365 e. The first kappa shape index (κ1) is 21.4. The van der Waals surface area contributed by atoms with Gasteiger partial charge in [-0.2, -0.15) is 0 Å². The van der Waals surface area contributed by atoms with Gasteiger partial charge in [-0.1, -0.05) is 31.2 Å². The highest BCUT2D eigenvalue weighted by atomic mass is 16.2.